The SMILES string of the molecule is OC1CCCCCC1Oc1ccc(Cl)cc1CNC1CC1. The van der Waals surface area contributed by atoms with Crippen LogP contribution in [0, 0.1) is 0 Å². The van der Waals surface area contributed by atoms with E-state index in [-0.39, 0.29) is 12.2 Å². The molecule has 1 aromatic carbocycles. The molecule has 2 fully saturated rings. The second-order valence-electron chi connectivity index (χ2n) is 6.27. The van der Waals surface area contributed by atoms with Gasteiger partial charge in [0.15, 0.2) is 0 Å². The summed E-state index contributed by atoms with van der Waals surface area (Å²) in [4.78, 5) is 0. The Kier molecular flexibility index (Phi) is 5.04. The molecule has 1 aromatic rings. The third kappa shape index (κ3) is 4.35. The van der Waals surface area contributed by atoms with Crippen LogP contribution in [0.3, 0.4) is 0 Å². The number of hydrogen-bond acceptors (Lipinski definition) is 3. The van der Waals surface area contributed by atoms with Crippen molar-refractivity contribution in [1.29, 1.82) is 0 Å². The Bertz CT molecular complexity index is 476. The minimum absolute atomic E-state index is 0.0895. The first-order valence-electron chi connectivity index (χ1n) is 8.09. The van der Waals surface area contributed by atoms with E-state index in [9.17, 15) is 5.11 Å². The quantitative estimate of drug-likeness (QED) is 0.816. The van der Waals surface area contributed by atoms with Crippen molar-refractivity contribution >= 4 is 11.6 Å². The van der Waals surface area contributed by atoms with E-state index >= 15 is 0 Å². The Morgan fingerprint density at radius 1 is 1.14 bits per heavy atom. The largest absolute Gasteiger partial charge is 0.487 e. The molecule has 116 valence electrons. The molecule has 2 unspecified atom stereocenters. The van der Waals surface area contributed by atoms with Crippen LogP contribution in [-0.4, -0.2) is 23.4 Å². The van der Waals surface area contributed by atoms with Gasteiger partial charge in [-0.2, -0.15) is 0 Å². The molecule has 2 saturated carbocycles. The van der Waals surface area contributed by atoms with Gasteiger partial charge in [-0.05, 0) is 50.3 Å². The molecule has 3 nitrogen and oxygen atoms in total. The second kappa shape index (κ2) is 6.99. The minimum Gasteiger partial charge on any atom is -0.487 e. The smallest absolute Gasteiger partial charge is 0.124 e. The molecular weight excluding hydrogens is 286 g/mol. The van der Waals surface area contributed by atoms with Crippen LogP contribution in [0.4, 0.5) is 0 Å². The number of aliphatic hydroxyl groups is 1. The summed E-state index contributed by atoms with van der Waals surface area (Å²) < 4.78 is 6.14. The predicted octanol–water partition coefficient (Wildman–Crippen LogP) is 3.66. The second-order valence-corrected chi connectivity index (χ2v) is 6.71. The molecule has 2 aliphatic carbocycles. The number of ether oxygens (including phenoxy) is 1. The topological polar surface area (TPSA) is 41.5 Å². The van der Waals surface area contributed by atoms with Gasteiger partial charge in [-0.15, -0.1) is 0 Å². The van der Waals surface area contributed by atoms with Gasteiger partial charge in [0.05, 0.1) is 6.10 Å². The number of rotatable bonds is 5. The first-order valence-corrected chi connectivity index (χ1v) is 8.47. The van der Waals surface area contributed by atoms with E-state index in [4.69, 9.17) is 16.3 Å². The van der Waals surface area contributed by atoms with Gasteiger partial charge in [0.2, 0.25) is 0 Å². The highest BCUT2D eigenvalue weighted by Gasteiger charge is 2.25. The van der Waals surface area contributed by atoms with Crippen LogP contribution < -0.4 is 10.1 Å². The fraction of sp³-hybridized carbons (Fsp3) is 0.647. The van der Waals surface area contributed by atoms with Crippen LogP contribution >= 0.6 is 11.6 Å². The van der Waals surface area contributed by atoms with Crippen LogP contribution in [0.15, 0.2) is 18.2 Å². The molecule has 0 spiro atoms. The maximum absolute atomic E-state index is 10.2. The molecule has 0 saturated heterocycles. The monoisotopic (exact) mass is 309 g/mol. The molecule has 21 heavy (non-hydrogen) atoms. The Morgan fingerprint density at radius 3 is 2.76 bits per heavy atom. The molecule has 0 radical (unpaired) electrons. The van der Waals surface area contributed by atoms with Crippen molar-refractivity contribution in [2.24, 2.45) is 0 Å². The van der Waals surface area contributed by atoms with E-state index in [1.807, 2.05) is 18.2 Å². The van der Waals surface area contributed by atoms with Crippen LogP contribution in [-0.2, 0) is 6.54 Å². The lowest BCUT2D eigenvalue weighted by atomic mass is 10.1. The standard InChI is InChI=1S/C17H24ClNO2/c18-13-6-9-16(12(10-13)11-19-14-7-8-14)21-17-5-3-1-2-4-15(17)20/h6,9-10,14-15,17,19-20H,1-5,7-8,11H2. The van der Waals surface area contributed by atoms with Crippen molar-refractivity contribution in [3.63, 3.8) is 0 Å². The average molecular weight is 310 g/mol. The lowest BCUT2D eigenvalue weighted by molar-refractivity contribution is 0.0314. The summed E-state index contributed by atoms with van der Waals surface area (Å²) in [5.41, 5.74) is 1.09. The third-order valence-electron chi connectivity index (χ3n) is 4.38. The highest BCUT2D eigenvalue weighted by atomic mass is 35.5. The number of halogens is 1. The molecule has 0 aliphatic heterocycles. The molecule has 0 amide bonds. The van der Waals surface area contributed by atoms with Crippen molar-refractivity contribution in [2.75, 3.05) is 0 Å². The third-order valence-corrected chi connectivity index (χ3v) is 4.61. The number of benzene rings is 1. The Hall–Kier alpha value is -0.770. The van der Waals surface area contributed by atoms with Gasteiger partial charge in [0.25, 0.3) is 0 Å². The average Bonchev–Trinajstić information content (AvgIpc) is 3.29. The van der Waals surface area contributed by atoms with E-state index < -0.39 is 0 Å². The van der Waals surface area contributed by atoms with Gasteiger partial charge in [-0.3, -0.25) is 0 Å². The van der Waals surface area contributed by atoms with Crippen LogP contribution in [0.5, 0.6) is 5.75 Å². The highest BCUT2D eigenvalue weighted by Crippen LogP contribution is 2.29. The molecule has 3 rings (SSSR count). The summed E-state index contributed by atoms with van der Waals surface area (Å²) in [6.07, 6.45) is 7.26. The molecule has 0 bridgehead atoms. The fourth-order valence-electron chi connectivity index (χ4n) is 2.90. The van der Waals surface area contributed by atoms with Crippen molar-refractivity contribution in [2.45, 2.75) is 69.7 Å². The molecular formula is C17H24ClNO2. The van der Waals surface area contributed by atoms with Gasteiger partial charge in [-0.25, -0.2) is 0 Å². The Balaban J connectivity index is 1.69. The maximum Gasteiger partial charge on any atom is 0.124 e. The Morgan fingerprint density at radius 2 is 1.95 bits per heavy atom. The van der Waals surface area contributed by atoms with Gasteiger partial charge < -0.3 is 15.2 Å². The van der Waals surface area contributed by atoms with E-state index in [1.54, 1.807) is 0 Å². The van der Waals surface area contributed by atoms with Gasteiger partial charge >= 0.3 is 0 Å². The summed E-state index contributed by atoms with van der Waals surface area (Å²) >= 11 is 6.11. The van der Waals surface area contributed by atoms with E-state index in [1.165, 1.54) is 19.3 Å². The summed E-state index contributed by atoms with van der Waals surface area (Å²) in [5.74, 6) is 0.860. The zero-order valence-electron chi connectivity index (χ0n) is 12.4. The van der Waals surface area contributed by atoms with Crippen molar-refractivity contribution in [1.82, 2.24) is 5.32 Å². The minimum atomic E-state index is -0.354. The number of nitrogens with one attached hydrogen (secondary N) is 1. The van der Waals surface area contributed by atoms with Crippen LogP contribution in [0.25, 0.3) is 0 Å². The lowest BCUT2D eigenvalue weighted by Crippen LogP contribution is -2.31. The highest BCUT2D eigenvalue weighted by molar-refractivity contribution is 6.30. The number of aliphatic hydroxyl groups excluding tert-OH is 1. The molecule has 4 heteroatoms. The van der Waals surface area contributed by atoms with Gasteiger partial charge in [0, 0.05) is 23.2 Å². The maximum atomic E-state index is 10.2. The summed E-state index contributed by atoms with van der Waals surface area (Å²) in [5, 5.41) is 14.5. The number of hydrogen-bond donors (Lipinski definition) is 2. The lowest BCUT2D eigenvalue weighted by Gasteiger charge is -2.24. The molecule has 0 aromatic heterocycles. The van der Waals surface area contributed by atoms with E-state index in [2.05, 4.69) is 5.32 Å². The normalized spacial score (nSPS) is 26.4. The Labute approximate surface area is 131 Å². The van der Waals surface area contributed by atoms with Gasteiger partial charge in [-0.1, -0.05) is 24.4 Å². The van der Waals surface area contributed by atoms with Crippen LogP contribution in [0.1, 0.15) is 50.5 Å². The fourth-order valence-corrected chi connectivity index (χ4v) is 3.09. The van der Waals surface area contributed by atoms with Gasteiger partial charge in [0.1, 0.15) is 11.9 Å². The summed E-state index contributed by atoms with van der Waals surface area (Å²) in [6.45, 7) is 0.781. The molecule has 2 N–H and O–H groups in total. The summed E-state index contributed by atoms with van der Waals surface area (Å²) in [7, 11) is 0. The van der Waals surface area contributed by atoms with Crippen LogP contribution in [0.2, 0.25) is 5.02 Å². The molecule has 2 aliphatic rings. The predicted molar refractivity (Wildman–Crippen MR) is 84.8 cm³/mol. The molecule has 2 atom stereocenters. The van der Waals surface area contributed by atoms with Crippen molar-refractivity contribution < 1.29 is 9.84 Å². The molecule has 0 heterocycles. The zero-order chi connectivity index (χ0) is 14.7. The van der Waals surface area contributed by atoms with Crippen molar-refractivity contribution in [3.8, 4) is 5.75 Å². The summed E-state index contributed by atoms with van der Waals surface area (Å²) in [6, 6.07) is 6.42. The van der Waals surface area contributed by atoms with E-state index in [0.29, 0.717) is 6.04 Å². The van der Waals surface area contributed by atoms with Crippen molar-refractivity contribution in [3.05, 3.63) is 28.8 Å². The zero-order valence-corrected chi connectivity index (χ0v) is 13.1. The first kappa shape index (κ1) is 15.1. The van der Waals surface area contributed by atoms with E-state index in [0.717, 1.165) is 48.6 Å². The first-order chi connectivity index (χ1) is 10.2.